The molecule has 1 N–H and O–H groups in total. The molecular formula is C18H22O10. The minimum absolute atomic E-state index is 0.426. The SMILES string of the molecule is COC(=O)C1=C(O)[C@@]2(C(=O)OC)C[C@@](C)(C(=O)OC)C(=O)[C@@](C(=O)OC)(C1)C2. The van der Waals surface area contributed by atoms with Crippen LogP contribution >= 0.6 is 0 Å². The first-order valence-corrected chi connectivity index (χ1v) is 8.32. The maximum atomic E-state index is 13.4. The summed E-state index contributed by atoms with van der Waals surface area (Å²) in [7, 11) is 4.17. The molecule has 1 saturated carbocycles. The van der Waals surface area contributed by atoms with Gasteiger partial charge in [-0.2, -0.15) is 0 Å². The smallest absolute Gasteiger partial charge is 0.337 e. The number of carbonyl (C=O) groups is 5. The third-order valence-corrected chi connectivity index (χ3v) is 5.63. The van der Waals surface area contributed by atoms with Crippen LogP contribution in [0.4, 0.5) is 0 Å². The molecule has 0 aromatic rings. The first-order valence-electron chi connectivity index (χ1n) is 8.32. The molecule has 0 aromatic heterocycles. The van der Waals surface area contributed by atoms with Gasteiger partial charge in [-0.15, -0.1) is 0 Å². The van der Waals surface area contributed by atoms with Crippen LogP contribution in [0.3, 0.4) is 0 Å². The van der Waals surface area contributed by atoms with Crippen LogP contribution in [-0.2, 0) is 42.9 Å². The Morgan fingerprint density at radius 3 is 1.79 bits per heavy atom. The van der Waals surface area contributed by atoms with Crippen molar-refractivity contribution in [3.63, 3.8) is 0 Å². The largest absolute Gasteiger partial charge is 0.511 e. The molecule has 10 heteroatoms. The molecule has 28 heavy (non-hydrogen) atoms. The number of ketones is 1. The third kappa shape index (κ3) is 2.58. The van der Waals surface area contributed by atoms with Gasteiger partial charge in [-0.25, -0.2) is 4.79 Å². The molecule has 0 spiro atoms. The number of aliphatic hydroxyl groups is 1. The normalized spacial score (nSPS) is 31.7. The van der Waals surface area contributed by atoms with Crippen LogP contribution in [0.2, 0.25) is 0 Å². The lowest BCUT2D eigenvalue weighted by atomic mass is 9.47. The van der Waals surface area contributed by atoms with E-state index < -0.39 is 76.5 Å². The Balaban J connectivity index is 2.92. The quantitative estimate of drug-likeness (QED) is 0.397. The van der Waals surface area contributed by atoms with Gasteiger partial charge in [0.05, 0.1) is 34.0 Å². The highest BCUT2D eigenvalue weighted by Crippen LogP contribution is 2.61. The van der Waals surface area contributed by atoms with E-state index in [1.54, 1.807) is 0 Å². The molecule has 0 radical (unpaired) electrons. The molecule has 3 atom stereocenters. The topological polar surface area (TPSA) is 142 Å². The number of rotatable bonds is 4. The van der Waals surface area contributed by atoms with Crippen LogP contribution in [0, 0.1) is 16.2 Å². The van der Waals surface area contributed by atoms with Crippen molar-refractivity contribution >= 4 is 29.7 Å². The summed E-state index contributed by atoms with van der Waals surface area (Å²) in [4.78, 5) is 63.6. The van der Waals surface area contributed by atoms with E-state index in [1.165, 1.54) is 6.92 Å². The number of methoxy groups -OCH3 is 4. The lowest BCUT2D eigenvalue weighted by Gasteiger charge is -2.52. The van der Waals surface area contributed by atoms with Gasteiger partial charge in [-0.1, -0.05) is 0 Å². The average Bonchev–Trinajstić information content (AvgIpc) is 2.71. The third-order valence-electron chi connectivity index (χ3n) is 5.63. The van der Waals surface area contributed by atoms with Gasteiger partial charge in [0.25, 0.3) is 0 Å². The van der Waals surface area contributed by atoms with Gasteiger partial charge in [0, 0.05) is 6.42 Å². The van der Waals surface area contributed by atoms with Gasteiger partial charge in [0.15, 0.2) is 5.78 Å². The van der Waals surface area contributed by atoms with Crippen LogP contribution in [0.25, 0.3) is 0 Å². The second-order valence-corrected chi connectivity index (χ2v) is 7.15. The Morgan fingerprint density at radius 2 is 1.32 bits per heavy atom. The van der Waals surface area contributed by atoms with Crippen molar-refractivity contribution in [3.8, 4) is 0 Å². The minimum atomic E-state index is -2.08. The van der Waals surface area contributed by atoms with Crippen molar-refractivity contribution in [2.75, 3.05) is 28.4 Å². The number of fused-ring (bicyclic) bond motifs is 2. The fourth-order valence-corrected chi connectivity index (χ4v) is 4.41. The Morgan fingerprint density at radius 1 is 0.821 bits per heavy atom. The Bertz CT molecular complexity index is 796. The number of hydrogen-bond acceptors (Lipinski definition) is 10. The van der Waals surface area contributed by atoms with Crippen molar-refractivity contribution < 1.29 is 48.0 Å². The molecule has 154 valence electrons. The molecule has 2 aliphatic rings. The van der Waals surface area contributed by atoms with Crippen molar-refractivity contribution in [2.45, 2.75) is 26.2 Å². The second-order valence-electron chi connectivity index (χ2n) is 7.15. The molecule has 0 aromatic carbocycles. The summed E-state index contributed by atoms with van der Waals surface area (Å²) >= 11 is 0. The average molecular weight is 398 g/mol. The molecule has 10 nitrogen and oxygen atoms in total. The Kier molecular flexibility index (Phi) is 5.28. The van der Waals surface area contributed by atoms with Crippen molar-refractivity contribution in [2.24, 2.45) is 16.2 Å². The zero-order valence-electron chi connectivity index (χ0n) is 16.2. The predicted molar refractivity (Wildman–Crippen MR) is 89.5 cm³/mol. The van der Waals surface area contributed by atoms with E-state index in [0.717, 1.165) is 28.4 Å². The Labute approximate surface area is 160 Å². The van der Waals surface area contributed by atoms with E-state index in [-0.39, 0.29) is 0 Å². The zero-order valence-corrected chi connectivity index (χ0v) is 16.2. The summed E-state index contributed by atoms with van der Waals surface area (Å²) in [6.45, 7) is 1.21. The monoisotopic (exact) mass is 398 g/mol. The summed E-state index contributed by atoms with van der Waals surface area (Å²) in [6, 6.07) is 0. The highest BCUT2D eigenvalue weighted by atomic mass is 16.5. The van der Waals surface area contributed by atoms with Crippen LogP contribution in [0.15, 0.2) is 11.3 Å². The molecule has 2 aliphatic carbocycles. The first kappa shape index (κ1) is 21.4. The summed E-state index contributed by atoms with van der Waals surface area (Å²) in [6.07, 6.45) is -1.66. The first-order chi connectivity index (χ1) is 13.0. The lowest BCUT2D eigenvalue weighted by molar-refractivity contribution is -0.185. The summed E-state index contributed by atoms with van der Waals surface area (Å²) in [5.41, 5.74) is -6.49. The molecule has 1 fully saturated rings. The van der Waals surface area contributed by atoms with Gasteiger partial charge in [-0.3, -0.25) is 19.2 Å². The fourth-order valence-electron chi connectivity index (χ4n) is 4.41. The molecule has 0 aliphatic heterocycles. The number of ether oxygens (including phenoxy) is 4. The van der Waals surface area contributed by atoms with Crippen molar-refractivity contribution in [1.82, 2.24) is 0 Å². The second kappa shape index (κ2) is 6.92. The van der Waals surface area contributed by atoms with Crippen LogP contribution < -0.4 is 0 Å². The van der Waals surface area contributed by atoms with Gasteiger partial charge < -0.3 is 24.1 Å². The lowest BCUT2D eigenvalue weighted by Crippen LogP contribution is -2.64. The van der Waals surface area contributed by atoms with Crippen LogP contribution in [0.1, 0.15) is 26.2 Å². The summed E-state index contributed by atoms with van der Waals surface area (Å²) in [5.74, 6) is -5.64. The number of hydrogen-bond donors (Lipinski definition) is 1. The van der Waals surface area contributed by atoms with E-state index in [9.17, 15) is 29.1 Å². The van der Waals surface area contributed by atoms with Gasteiger partial charge in [0.2, 0.25) is 0 Å². The minimum Gasteiger partial charge on any atom is -0.511 e. The molecule has 0 heterocycles. The number of aliphatic hydroxyl groups excluding tert-OH is 1. The van der Waals surface area contributed by atoms with Gasteiger partial charge >= 0.3 is 23.9 Å². The maximum Gasteiger partial charge on any atom is 0.337 e. The summed E-state index contributed by atoms with van der Waals surface area (Å²) < 4.78 is 18.9. The van der Waals surface area contributed by atoms with Crippen molar-refractivity contribution in [1.29, 1.82) is 0 Å². The molecule has 2 bridgehead atoms. The molecule has 2 rings (SSSR count). The number of esters is 4. The predicted octanol–water partition coefficient (Wildman–Crippen LogP) is 0.236. The number of carbonyl (C=O) groups excluding carboxylic acids is 5. The molecule has 0 unspecified atom stereocenters. The fraction of sp³-hybridized carbons (Fsp3) is 0.611. The summed E-state index contributed by atoms with van der Waals surface area (Å²) in [5, 5.41) is 10.8. The molecular weight excluding hydrogens is 376 g/mol. The molecule has 0 amide bonds. The zero-order chi connectivity index (χ0) is 21.5. The van der Waals surface area contributed by atoms with Gasteiger partial charge in [0.1, 0.15) is 22.0 Å². The van der Waals surface area contributed by atoms with E-state index in [0.29, 0.717) is 0 Å². The highest BCUT2D eigenvalue weighted by molar-refractivity contribution is 6.17. The highest BCUT2D eigenvalue weighted by Gasteiger charge is 2.72. The standard InChI is InChI=1S/C18H22O10/c1-16(13(22)26-3)7-18(15(24)28-5)8-17(12(16)21,14(23)27-4)6-9(10(18)19)11(20)25-2/h19H,6-8H2,1-5H3/t16-,17-,18-/m1/s1. The van der Waals surface area contributed by atoms with Crippen LogP contribution in [-0.4, -0.2) is 63.2 Å². The Hall–Kier alpha value is -2.91. The number of Topliss-reactive ketones (excluding diaryl/α,β-unsaturated/α-hetero) is 1. The van der Waals surface area contributed by atoms with E-state index in [1.807, 2.05) is 0 Å². The molecule has 0 saturated heterocycles. The van der Waals surface area contributed by atoms with E-state index in [4.69, 9.17) is 14.2 Å². The maximum absolute atomic E-state index is 13.4. The van der Waals surface area contributed by atoms with Crippen LogP contribution in [0.5, 0.6) is 0 Å². The van der Waals surface area contributed by atoms with E-state index >= 15 is 0 Å². The van der Waals surface area contributed by atoms with Crippen molar-refractivity contribution in [3.05, 3.63) is 11.3 Å². The van der Waals surface area contributed by atoms with Gasteiger partial charge in [-0.05, 0) is 19.8 Å². The van der Waals surface area contributed by atoms with E-state index in [2.05, 4.69) is 4.74 Å².